The van der Waals surface area contributed by atoms with E-state index in [1.807, 2.05) is 18.2 Å². The summed E-state index contributed by atoms with van der Waals surface area (Å²) in [7, 11) is -2.81. The van der Waals surface area contributed by atoms with Gasteiger partial charge in [-0.2, -0.15) is 0 Å². The van der Waals surface area contributed by atoms with Crippen LogP contribution in [0.25, 0.3) is 0 Å². The van der Waals surface area contributed by atoms with Crippen LogP contribution in [0.2, 0.25) is 51.9 Å². The predicted octanol–water partition coefficient (Wildman–Crippen LogP) is 6.58. The summed E-state index contributed by atoms with van der Waals surface area (Å²) in [5.74, 6) is 3.28. The lowest BCUT2D eigenvalue weighted by Crippen LogP contribution is -2.29. The summed E-state index contributed by atoms with van der Waals surface area (Å²) in [6.45, 7) is 26.4. The molecule has 130 valence electrons. The standard InChI is InChI=1S/C21H35BSi2/c1-10-15-20(22(17-11-2)18-12-3)21(24(7,8)9)16-13-14-19-23(4,5)6/h10-13,16H,1-3,15,17-18H2,4-9H3/b16-13-,21-20-. The molecule has 0 saturated heterocycles. The molecule has 0 aromatic carbocycles. The average Bonchev–Trinajstić information content (AvgIpc) is 2.43. The molecule has 0 spiro atoms. The molecular formula is C21H35BSi2. The van der Waals surface area contributed by atoms with E-state index in [1.54, 1.807) is 0 Å². The fourth-order valence-electron chi connectivity index (χ4n) is 2.66. The van der Waals surface area contributed by atoms with Gasteiger partial charge in [0.1, 0.15) is 8.07 Å². The van der Waals surface area contributed by atoms with Crippen molar-refractivity contribution in [2.24, 2.45) is 0 Å². The molecule has 0 nitrogen and oxygen atoms in total. The zero-order valence-corrected chi connectivity index (χ0v) is 18.7. The molecule has 0 heterocycles. The Balaban J connectivity index is 6.04. The largest absolute Gasteiger partial charge is 0.178 e. The Labute approximate surface area is 153 Å². The van der Waals surface area contributed by atoms with Crippen molar-refractivity contribution in [3.05, 3.63) is 60.8 Å². The molecule has 0 aliphatic heterocycles. The summed E-state index contributed by atoms with van der Waals surface area (Å²) in [5.41, 5.74) is 4.92. The van der Waals surface area contributed by atoms with Gasteiger partial charge in [0, 0.05) is 0 Å². The van der Waals surface area contributed by atoms with E-state index in [9.17, 15) is 0 Å². The van der Waals surface area contributed by atoms with Gasteiger partial charge >= 0.3 is 0 Å². The highest BCUT2D eigenvalue weighted by atomic mass is 28.3. The quantitative estimate of drug-likeness (QED) is 0.190. The summed E-state index contributed by atoms with van der Waals surface area (Å²) in [5, 5.41) is 1.50. The first-order valence-corrected chi connectivity index (χ1v) is 15.8. The third kappa shape index (κ3) is 9.15. The monoisotopic (exact) mass is 354 g/mol. The molecule has 0 N–H and O–H groups in total. The zero-order chi connectivity index (χ0) is 18.8. The highest BCUT2D eigenvalue weighted by Gasteiger charge is 2.25. The maximum atomic E-state index is 3.98. The molecule has 0 unspecified atom stereocenters. The van der Waals surface area contributed by atoms with Crippen molar-refractivity contribution in [3.63, 3.8) is 0 Å². The van der Waals surface area contributed by atoms with Crippen molar-refractivity contribution in [2.45, 2.75) is 58.3 Å². The molecule has 0 saturated carbocycles. The van der Waals surface area contributed by atoms with Crippen LogP contribution in [0.1, 0.15) is 6.42 Å². The van der Waals surface area contributed by atoms with Crippen LogP contribution in [0.15, 0.2) is 60.8 Å². The first kappa shape index (κ1) is 22.8. The Morgan fingerprint density at radius 3 is 1.83 bits per heavy atom. The minimum atomic E-state index is -1.48. The normalized spacial score (nSPS) is 12.9. The van der Waals surface area contributed by atoms with Crippen molar-refractivity contribution in [3.8, 4) is 11.5 Å². The Kier molecular flexibility index (Phi) is 10.0. The van der Waals surface area contributed by atoms with E-state index in [0.717, 1.165) is 19.1 Å². The van der Waals surface area contributed by atoms with Gasteiger partial charge in [0.05, 0.1) is 8.07 Å². The van der Waals surface area contributed by atoms with E-state index in [0.29, 0.717) is 6.71 Å². The summed E-state index contributed by atoms with van der Waals surface area (Å²) >= 11 is 0. The van der Waals surface area contributed by atoms with E-state index >= 15 is 0 Å². The second kappa shape index (κ2) is 10.6. The van der Waals surface area contributed by atoms with Gasteiger partial charge in [0.25, 0.3) is 0 Å². The van der Waals surface area contributed by atoms with Crippen LogP contribution in [0.5, 0.6) is 0 Å². The van der Waals surface area contributed by atoms with Crippen LogP contribution < -0.4 is 0 Å². The molecule has 0 aromatic heterocycles. The Hall–Kier alpha value is -1.24. The van der Waals surface area contributed by atoms with E-state index in [-0.39, 0.29) is 0 Å². The van der Waals surface area contributed by atoms with Crippen LogP contribution in [-0.2, 0) is 0 Å². The summed E-state index contributed by atoms with van der Waals surface area (Å²) in [6, 6.07) is 0. The molecule has 0 aromatic rings. The van der Waals surface area contributed by atoms with Crippen LogP contribution in [0.3, 0.4) is 0 Å². The molecule has 0 aliphatic rings. The van der Waals surface area contributed by atoms with E-state index in [1.165, 1.54) is 10.7 Å². The molecule has 0 aliphatic carbocycles. The SMILES string of the molecule is C=CCB(CC=C)/C(CC=C)=C(/C=C\C#C[Si](C)(C)C)[Si](C)(C)C. The van der Waals surface area contributed by atoms with Crippen LogP contribution in [-0.4, -0.2) is 22.9 Å². The van der Waals surface area contributed by atoms with Crippen molar-refractivity contribution < 1.29 is 0 Å². The number of rotatable bonds is 9. The molecule has 0 bridgehead atoms. The van der Waals surface area contributed by atoms with E-state index in [4.69, 9.17) is 0 Å². The minimum absolute atomic E-state index is 0.467. The molecule has 0 rings (SSSR count). The Morgan fingerprint density at radius 1 is 0.917 bits per heavy atom. The highest BCUT2D eigenvalue weighted by Crippen LogP contribution is 2.27. The number of hydrogen-bond acceptors (Lipinski definition) is 0. The lowest BCUT2D eigenvalue weighted by Gasteiger charge is -2.26. The third-order valence-corrected chi connectivity index (χ3v) is 6.69. The van der Waals surface area contributed by atoms with Gasteiger partial charge in [-0.1, -0.05) is 92.8 Å². The lowest BCUT2D eigenvalue weighted by molar-refractivity contribution is 1.29. The average molecular weight is 354 g/mol. The zero-order valence-electron chi connectivity index (χ0n) is 16.7. The first-order chi connectivity index (χ1) is 11.1. The number of allylic oxidation sites excluding steroid dienone is 7. The van der Waals surface area contributed by atoms with Crippen LogP contribution >= 0.6 is 0 Å². The van der Waals surface area contributed by atoms with Crippen molar-refractivity contribution in [1.29, 1.82) is 0 Å². The predicted molar refractivity (Wildman–Crippen MR) is 121 cm³/mol. The van der Waals surface area contributed by atoms with Crippen LogP contribution in [0, 0.1) is 11.5 Å². The summed E-state index contributed by atoms with van der Waals surface area (Å²) in [6.07, 6.45) is 13.3. The molecule has 0 atom stereocenters. The fourth-order valence-corrected chi connectivity index (χ4v) is 5.03. The van der Waals surface area contributed by atoms with E-state index in [2.05, 4.69) is 82.6 Å². The minimum Gasteiger partial charge on any atom is -0.127 e. The van der Waals surface area contributed by atoms with Gasteiger partial charge in [-0.25, -0.2) is 0 Å². The molecular weight excluding hydrogens is 319 g/mol. The third-order valence-electron chi connectivity index (χ3n) is 3.69. The maximum absolute atomic E-state index is 3.98. The summed E-state index contributed by atoms with van der Waals surface area (Å²) < 4.78 is 0. The maximum Gasteiger partial charge on any atom is 0.178 e. The molecule has 0 radical (unpaired) electrons. The second-order valence-corrected chi connectivity index (χ2v) is 18.1. The van der Waals surface area contributed by atoms with Gasteiger partial charge in [-0.05, 0) is 12.5 Å². The van der Waals surface area contributed by atoms with Gasteiger partial charge in [-0.15, -0.1) is 25.3 Å². The van der Waals surface area contributed by atoms with Gasteiger partial charge in [0.2, 0.25) is 0 Å². The fraction of sp³-hybridized carbons (Fsp3) is 0.429. The smallest absolute Gasteiger partial charge is 0.127 e. The number of hydrogen-bond donors (Lipinski definition) is 0. The van der Waals surface area contributed by atoms with Gasteiger partial charge < -0.3 is 0 Å². The molecule has 24 heavy (non-hydrogen) atoms. The van der Waals surface area contributed by atoms with Crippen molar-refractivity contribution in [2.75, 3.05) is 0 Å². The van der Waals surface area contributed by atoms with Gasteiger partial charge in [-0.3, -0.25) is 0 Å². The van der Waals surface area contributed by atoms with E-state index < -0.39 is 16.1 Å². The second-order valence-electron chi connectivity index (χ2n) is 8.28. The van der Waals surface area contributed by atoms with Crippen LogP contribution in [0.4, 0.5) is 0 Å². The Morgan fingerprint density at radius 2 is 1.46 bits per heavy atom. The molecule has 0 fully saturated rings. The Bertz CT molecular complexity index is 547. The van der Waals surface area contributed by atoms with Gasteiger partial charge in [0.15, 0.2) is 6.71 Å². The lowest BCUT2D eigenvalue weighted by atomic mass is 9.39. The summed E-state index contributed by atoms with van der Waals surface area (Å²) in [4.78, 5) is 0. The molecule has 0 amide bonds. The van der Waals surface area contributed by atoms with Crippen molar-refractivity contribution in [1.82, 2.24) is 0 Å². The molecule has 3 heteroatoms. The first-order valence-electron chi connectivity index (χ1n) is 8.82. The highest BCUT2D eigenvalue weighted by molar-refractivity contribution is 6.86. The van der Waals surface area contributed by atoms with Crippen molar-refractivity contribution >= 4 is 22.9 Å². The topological polar surface area (TPSA) is 0 Å².